The number of hydrogen-bond donors (Lipinski definition) is 2. The summed E-state index contributed by atoms with van der Waals surface area (Å²) >= 11 is 1.61. The van der Waals surface area contributed by atoms with E-state index in [9.17, 15) is 0 Å². The first kappa shape index (κ1) is 22.9. The number of nitrogens with zero attached hydrogens (tertiary/aromatic N) is 3. The van der Waals surface area contributed by atoms with E-state index in [4.69, 9.17) is 15.2 Å². The quantitative estimate of drug-likeness (QED) is 0.243. The number of aliphatic imine (C=N–C) groups is 1. The molecule has 1 aromatic heterocycles. The van der Waals surface area contributed by atoms with Crippen LogP contribution in [0.15, 0.2) is 34.6 Å². The van der Waals surface area contributed by atoms with Crippen molar-refractivity contribution in [3.8, 4) is 16.3 Å². The summed E-state index contributed by atoms with van der Waals surface area (Å²) in [6, 6.07) is 7.89. The van der Waals surface area contributed by atoms with Gasteiger partial charge in [0, 0.05) is 30.6 Å². The number of ether oxygens (including phenoxy) is 2. The van der Waals surface area contributed by atoms with Gasteiger partial charge in [0.2, 0.25) is 0 Å². The number of guanidine groups is 1. The van der Waals surface area contributed by atoms with Crippen LogP contribution in [0.3, 0.4) is 0 Å². The molecule has 2 heterocycles. The van der Waals surface area contributed by atoms with Crippen molar-refractivity contribution in [2.45, 2.75) is 13.0 Å². The van der Waals surface area contributed by atoms with E-state index in [1.54, 1.807) is 18.4 Å². The minimum absolute atomic E-state index is 0. The van der Waals surface area contributed by atoms with Crippen LogP contribution in [0.25, 0.3) is 10.6 Å². The molecular formula is C19H28IN5O2S. The molecule has 28 heavy (non-hydrogen) atoms. The standard InChI is InChI=1S/C19H27N5O2S.HI/c1-25-17-5-3-15(4-6-17)18-23-16(14-27-18)13-22-19(20)21-7-2-8-24-9-11-26-12-10-24;/h3-6,14H,2,7-13H2,1H3,(H3,20,21,22);1H. The van der Waals surface area contributed by atoms with Gasteiger partial charge in [-0.2, -0.15) is 0 Å². The molecule has 0 amide bonds. The van der Waals surface area contributed by atoms with E-state index in [1.807, 2.05) is 29.6 Å². The Morgan fingerprint density at radius 2 is 2.07 bits per heavy atom. The molecule has 1 aromatic carbocycles. The second kappa shape index (κ2) is 12.2. The molecular weight excluding hydrogens is 489 g/mol. The highest BCUT2D eigenvalue weighted by Gasteiger charge is 2.09. The van der Waals surface area contributed by atoms with Crippen molar-refractivity contribution in [2.24, 2.45) is 10.7 Å². The van der Waals surface area contributed by atoms with Crippen LogP contribution < -0.4 is 15.8 Å². The van der Waals surface area contributed by atoms with Crippen molar-refractivity contribution in [1.82, 2.24) is 15.2 Å². The van der Waals surface area contributed by atoms with Gasteiger partial charge in [-0.05, 0) is 37.2 Å². The van der Waals surface area contributed by atoms with E-state index in [1.165, 1.54) is 0 Å². The highest BCUT2D eigenvalue weighted by Crippen LogP contribution is 2.25. The zero-order valence-electron chi connectivity index (χ0n) is 16.1. The van der Waals surface area contributed by atoms with Crippen molar-refractivity contribution in [3.63, 3.8) is 0 Å². The van der Waals surface area contributed by atoms with Gasteiger partial charge in [-0.3, -0.25) is 4.90 Å². The molecule has 154 valence electrons. The van der Waals surface area contributed by atoms with Crippen LogP contribution in [0.5, 0.6) is 5.75 Å². The molecule has 1 fully saturated rings. The third-order valence-electron chi connectivity index (χ3n) is 4.36. The van der Waals surface area contributed by atoms with E-state index < -0.39 is 0 Å². The molecule has 3 rings (SSSR count). The van der Waals surface area contributed by atoms with Gasteiger partial charge in [-0.15, -0.1) is 35.3 Å². The Morgan fingerprint density at radius 3 is 2.79 bits per heavy atom. The fourth-order valence-corrected chi connectivity index (χ4v) is 3.63. The van der Waals surface area contributed by atoms with Crippen molar-refractivity contribution in [2.75, 3.05) is 46.5 Å². The summed E-state index contributed by atoms with van der Waals surface area (Å²) < 4.78 is 10.5. The lowest BCUT2D eigenvalue weighted by Gasteiger charge is -2.26. The van der Waals surface area contributed by atoms with E-state index in [2.05, 4.69) is 20.2 Å². The summed E-state index contributed by atoms with van der Waals surface area (Å²) in [4.78, 5) is 11.4. The van der Waals surface area contributed by atoms with E-state index in [0.717, 1.165) is 67.8 Å². The summed E-state index contributed by atoms with van der Waals surface area (Å²) in [5, 5.41) is 6.17. The highest BCUT2D eigenvalue weighted by molar-refractivity contribution is 14.0. The molecule has 0 aliphatic carbocycles. The molecule has 0 spiro atoms. The average molecular weight is 517 g/mol. The molecule has 7 nitrogen and oxygen atoms in total. The van der Waals surface area contributed by atoms with Gasteiger partial charge in [0.05, 0.1) is 32.6 Å². The maximum absolute atomic E-state index is 5.96. The van der Waals surface area contributed by atoms with Crippen molar-refractivity contribution in [1.29, 1.82) is 0 Å². The van der Waals surface area contributed by atoms with Gasteiger partial charge in [-0.25, -0.2) is 9.98 Å². The number of morpholine rings is 1. The van der Waals surface area contributed by atoms with E-state index in [0.29, 0.717) is 12.5 Å². The Bertz CT molecular complexity index is 732. The van der Waals surface area contributed by atoms with Gasteiger partial charge >= 0.3 is 0 Å². The van der Waals surface area contributed by atoms with Crippen molar-refractivity contribution in [3.05, 3.63) is 35.3 Å². The number of methoxy groups -OCH3 is 1. The summed E-state index contributed by atoms with van der Waals surface area (Å²) in [5.41, 5.74) is 7.95. The Kier molecular flexibility index (Phi) is 9.96. The fraction of sp³-hybridized carbons (Fsp3) is 0.474. The summed E-state index contributed by atoms with van der Waals surface area (Å²) in [6.45, 7) is 6.07. The number of hydrogen-bond acceptors (Lipinski definition) is 6. The maximum atomic E-state index is 5.96. The van der Waals surface area contributed by atoms with Gasteiger partial charge in [0.25, 0.3) is 0 Å². The Morgan fingerprint density at radius 1 is 1.32 bits per heavy atom. The largest absolute Gasteiger partial charge is 0.497 e. The number of halogens is 1. The lowest BCUT2D eigenvalue weighted by Crippen LogP contribution is -2.39. The third kappa shape index (κ3) is 7.19. The molecule has 1 saturated heterocycles. The minimum Gasteiger partial charge on any atom is -0.497 e. The van der Waals surface area contributed by atoms with Crippen LogP contribution in [0.4, 0.5) is 0 Å². The zero-order valence-corrected chi connectivity index (χ0v) is 19.2. The molecule has 2 aromatic rings. The van der Waals surface area contributed by atoms with Gasteiger partial charge in [0.15, 0.2) is 5.96 Å². The lowest BCUT2D eigenvalue weighted by atomic mass is 10.2. The first-order valence-corrected chi connectivity index (χ1v) is 10.1. The summed E-state index contributed by atoms with van der Waals surface area (Å²) in [7, 11) is 1.66. The molecule has 0 unspecified atom stereocenters. The lowest BCUT2D eigenvalue weighted by molar-refractivity contribution is 0.0376. The maximum Gasteiger partial charge on any atom is 0.188 e. The predicted octanol–water partition coefficient (Wildman–Crippen LogP) is 2.56. The average Bonchev–Trinajstić information content (AvgIpc) is 3.19. The molecule has 3 N–H and O–H groups in total. The van der Waals surface area contributed by atoms with Crippen LogP contribution in [-0.4, -0.2) is 62.3 Å². The number of aromatic nitrogens is 1. The second-order valence-electron chi connectivity index (χ2n) is 6.31. The Hall–Kier alpha value is -1.43. The monoisotopic (exact) mass is 517 g/mol. The number of rotatable bonds is 8. The molecule has 1 aliphatic rings. The number of nitrogens with one attached hydrogen (secondary N) is 1. The molecule has 1 aliphatic heterocycles. The van der Waals surface area contributed by atoms with E-state index in [-0.39, 0.29) is 24.0 Å². The van der Waals surface area contributed by atoms with Crippen LogP contribution >= 0.6 is 35.3 Å². The van der Waals surface area contributed by atoms with Crippen LogP contribution in [0.1, 0.15) is 12.1 Å². The predicted molar refractivity (Wildman–Crippen MR) is 125 cm³/mol. The highest BCUT2D eigenvalue weighted by atomic mass is 127. The van der Waals surface area contributed by atoms with Crippen LogP contribution in [-0.2, 0) is 11.3 Å². The van der Waals surface area contributed by atoms with Crippen LogP contribution in [0.2, 0.25) is 0 Å². The van der Waals surface area contributed by atoms with Crippen molar-refractivity contribution < 1.29 is 9.47 Å². The fourth-order valence-electron chi connectivity index (χ4n) is 2.81. The minimum atomic E-state index is 0. The molecule has 0 atom stereocenters. The van der Waals surface area contributed by atoms with Gasteiger partial charge in [0.1, 0.15) is 10.8 Å². The number of thiazole rings is 1. The SMILES string of the molecule is COc1ccc(-c2nc(CN=C(N)NCCCN3CCOCC3)cs2)cc1.I. The molecule has 0 saturated carbocycles. The smallest absolute Gasteiger partial charge is 0.188 e. The summed E-state index contributed by atoms with van der Waals surface area (Å²) in [6.07, 6.45) is 1.04. The summed E-state index contributed by atoms with van der Waals surface area (Å²) in [5.74, 6) is 1.31. The topological polar surface area (TPSA) is 85.0 Å². The van der Waals surface area contributed by atoms with Gasteiger partial charge in [-0.1, -0.05) is 0 Å². The first-order valence-electron chi connectivity index (χ1n) is 9.17. The second-order valence-corrected chi connectivity index (χ2v) is 7.17. The van der Waals surface area contributed by atoms with Crippen molar-refractivity contribution >= 4 is 41.3 Å². The molecule has 9 heteroatoms. The van der Waals surface area contributed by atoms with Gasteiger partial charge < -0.3 is 20.5 Å². The molecule has 0 radical (unpaired) electrons. The number of benzene rings is 1. The normalized spacial score (nSPS) is 15.1. The number of nitrogens with two attached hydrogens (primary N) is 1. The Labute approximate surface area is 187 Å². The van der Waals surface area contributed by atoms with E-state index >= 15 is 0 Å². The first-order chi connectivity index (χ1) is 13.2. The third-order valence-corrected chi connectivity index (χ3v) is 5.30. The molecule has 0 bridgehead atoms. The Balaban J connectivity index is 0.00000280. The van der Waals surface area contributed by atoms with Crippen LogP contribution in [0, 0.1) is 0 Å². The zero-order chi connectivity index (χ0) is 18.9.